The smallest absolute Gasteiger partial charge is 0.333 e. The van der Waals surface area contributed by atoms with Crippen molar-refractivity contribution in [2.24, 2.45) is 0 Å². The summed E-state index contributed by atoms with van der Waals surface area (Å²) in [5.74, 6) is -0.528. The van der Waals surface area contributed by atoms with Gasteiger partial charge >= 0.3 is 5.97 Å². The molecule has 8 heteroatoms. The summed E-state index contributed by atoms with van der Waals surface area (Å²) < 4.78 is 15.4. The van der Waals surface area contributed by atoms with Crippen LogP contribution < -0.4 is 5.32 Å². The van der Waals surface area contributed by atoms with Gasteiger partial charge in [0.1, 0.15) is 0 Å². The SMILES string of the molecule is Cc1nnc(COC(=O)C(NC(=O)c2ccco2)c2ccccc2)o1. The van der Waals surface area contributed by atoms with E-state index in [1.54, 1.807) is 37.3 Å². The Morgan fingerprint density at radius 2 is 1.96 bits per heavy atom. The first-order chi connectivity index (χ1) is 12.1. The van der Waals surface area contributed by atoms with Crippen LogP contribution in [0, 0.1) is 6.92 Å². The summed E-state index contributed by atoms with van der Waals surface area (Å²) >= 11 is 0. The van der Waals surface area contributed by atoms with Gasteiger partial charge in [0.25, 0.3) is 11.8 Å². The number of nitrogens with zero attached hydrogens (tertiary/aromatic N) is 2. The summed E-state index contributed by atoms with van der Waals surface area (Å²) in [6, 6.07) is 10.8. The van der Waals surface area contributed by atoms with Crippen LogP contribution in [0.15, 0.2) is 57.6 Å². The van der Waals surface area contributed by atoms with Crippen LogP contribution in [0.2, 0.25) is 0 Å². The molecule has 2 aromatic heterocycles. The van der Waals surface area contributed by atoms with Crippen LogP contribution in [0.3, 0.4) is 0 Å². The zero-order valence-electron chi connectivity index (χ0n) is 13.3. The number of amides is 1. The number of ether oxygens (including phenoxy) is 1. The van der Waals surface area contributed by atoms with Crippen molar-refractivity contribution in [3.05, 3.63) is 71.8 Å². The molecule has 8 nitrogen and oxygen atoms in total. The van der Waals surface area contributed by atoms with Crippen LogP contribution in [0.1, 0.15) is 33.9 Å². The minimum atomic E-state index is -0.997. The molecule has 128 valence electrons. The second-order valence-electron chi connectivity index (χ2n) is 5.12. The largest absolute Gasteiger partial charge is 0.459 e. The molecule has 3 aromatic rings. The Labute approximate surface area is 142 Å². The number of esters is 1. The van der Waals surface area contributed by atoms with Crippen molar-refractivity contribution in [1.29, 1.82) is 0 Å². The van der Waals surface area contributed by atoms with Crippen LogP contribution in [0.4, 0.5) is 0 Å². The van der Waals surface area contributed by atoms with E-state index in [4.69, 9.17) is 13.6 Å². The van der Waals surface area contributed by atoms with E-state index < -0.39 is 17.9 Å². The topological polar surface area (TPSA) is 107 Å². The Bertz CT molecular complexity index is 842. The van der Waals surface area contributed by atoms with E-state index in [9.17, 15) is 9.59 Å². The number of hydrogen-bond acceptors (Lipinski definition) is 7. The fourth-order valence-electron chi connectivity index (χ4n) is 2.15. The molecular weight excluding hydrogens is 326 g/mol. The van der Waals surface area contributed by atoms with Gasteiger partial charge in [-0.1, -0.05) is 30.3 Å². The van der Waals surface area contributed by atoms with Crippen molar-refractivity contribution in [1.82, 2.24) is 15.5 Å². The van der Waals surface area contributed by atoms with Crippen molar-refractivity contribution in [2.75, 3.05) is 0 Å². The molecule has 2 heterocycles. The lowest BCUT2D eigenvalue weighted by molar-refractivity contribution is -0.148. The van der Waals surface area contributed by atoms with Crippen molar-refractivity contribution in [2.45, 2.75) is 19.6 Å². The van der Waals surface area contributed by atoms with Crippen LogP contribution in [0.5, 0.6) is 0 Å². The van der Waals surface area contributed by atoms with Gasteiger partial charge in [-0.15, -0.1) is 10.2 Å². The maximum absolute atomic E-state index is 12.5. The fraction of sp³-hybridized carbons (Fsp3) is 0.176. The molecule has 0 saturated heterocycles. The molecule has 0 aliphatic rings. The van der Waals surface area contributed by atoms with E-state index >= 15 is 0 Å². The second-order valence-corrected chi connectivity index (χ2v) is 5.12. The summed E-state index contributed by atoms with van der Waals surface area (Å²) in [7, 11) is 0. The molecule has 1 N–H and O–H groups in total. The highest BCUT2D eigenvalue weighted by atomic mass is 16.5. The third-order valence-corrected chi connectivity index (χ3v) is 3.29. The molecule has 0 aliphatic heterocycles. The normalized spacial score (nSPS) is 11.7. The Morgan fingerprint density at radius 3 is 2.60 bits per heavy atom. The number of benzene rings is 1. The van der Waals surface area contributed by atoms with Crippen LogP contribution >= 0.6 is 0 Å². The summed E-state index contributed by atoms with van der Waals surface area (Å²) in [6.07, 6.45) is 1.38. The van der Waals surface area contributed by atoms with E-state index in [0.717, 1.165) is 0 Å². The third kappa shape index (κ3) is 4.11. The fourth-order valence-corrected chi connectivity index (χ4v) is 2.15. The maximum Gasteiger partial charge on any atom is 0.333 e. The molecule has 1 atom stereocenters. The van der Waals surface area contributed by atoms with Gasteiger partial charge in [0, 0.05) is 6.92 Å². The first-order valence-electron chi connectivity index (χ1n) is 7.48. The van der Waals surface area contributed by atoms with Crippen LogP contribution in [-0.4, -0.2) is 22.1 Å². The number of furan rings is 1. The number of carbonyl (C=O) groups excluding carboxylic acids is 2. The van der Waals surface area contributed by atoms with Crippen molar-refractivity contribution < 1.29 is 23.2 Å². The molecule has 3 rings (SSSR count). The van der Waals surface area contributed by atoms with E-state index in [2.05, 4.69) is 15.5 Å². The zero-order valence-corrected chi connectivity index (χ0v) is 13.3. The highest BCUT2D eigenvalue weighted by molar-refractivity contribution is 5.94. The lowest BCUT2D eigenvalue weighted by Crippen LogP contribution is -2.34. The standard InChI is InChI=1S/C17H15N3O5/c1-11-19-20-14(25-11)10-24-17(22)15(12-6-3-2-4-7-12)18-16(21)13-8-5-9-23-13/h2-9,15H,10H2,1H3,(H,18,21). The third-order valence-electron chi connectivity index (χ3n) is 3.29. The van der Waals surface area contributed by atoms with E-state index in [1.165, 1.54) is 12.3 Å². The van der Waals surface area contributed by atoms with E-state index in [-0.39, 0.29) is 18.3 Å². The molecule has 1 aromatic carbocycles. The lowest BCUT2D eigenvalue weighted by atomic mass is 10.1. The zero-order chi connectivity index (χ0) is 17.6. The first-order valence-corrected chi connectivity index (χ1v) is 7.48. The molecular formula is C17H15N3O5. The maximum atomic E-state index is 12.5. The number of hydrogen-bond donors (Lipinski definition) is 1. The Morgan fingerprint density at radius 1 is 1.16 bits per heavy atom. The van der Waals surface area contributed by atoms with Gasteiger partial charge in [-0.2, -0.15) is 0 Å². The van der Waals surface area contributed by atoms with E-state index in [0.29, 0.717) is 11.5 Å². The molecule has 0 saturated carbocycles. The quantitative estimate of drug-likeness (QED) is 0.685. The summed E-state index contributed by atoms with van der Waals surface area (Å²) in [4.78, 5) is 24.7. The second kappa shape index (κ2) is 7.43. The predicted octanol–water partition coefficient (Wildman–Crippen LogP) is 2.19. The van der Waals surface area contributed by atoms with Crippen molar-refractivity contribution in [3.8, 4) is 0 Å². The number of aryl methyl sites for hydroxylation is 1. The van der Waals surface area contributed by atoms with E-state index in [1.807, 2.05) is 6.07 Å². The molecule has 1 amide bonds. The molecule has 25 heavy (non-hydrogen) atoms. The summed E-state index contributed by atoms with van der Waals surface area (Å²) in [5.41, 5.74) is 0.578. The van der Waals surface area contributed by atoms with Crippen molar-refractivity contribution >= 4 is 11.9 Å². The number of aromatic nitrogens is 2. The lowest BCUT2D eigenvalue weighted by Gasteiger charge is -2.17. The van der Waals surface area contributed by atoms with Crippen LogP contribution in [0.25, 0.3) is 0 Å². The molecule has 0 aliphatic carbocycles. The molecule has 0 spiro atoms. The van der Waals surface area contributed by atoms with Gasteiger partial charge in [0.15, 0.2) is 18.4 Å². The number of nitrogens with one attached hydrogen (secondary N) is 1. The van der Waals surface area contributed by atoms with Gasteiger partial charge in [-0.25, -0.2) is 4.79 Å². The minimum Gasteiger partial charge on any atom is -0.459 e. The van der Waals surface area contributed by atoms with Gasteiger partial charge in [-0.05, 0) is 17.7 Å². The van der Waals surface area contributed by atoms with Gasteiger partial charge in [0.2, 0.25) is 5.89 Å². The summed E-state index contributed by atoms with van der Waals surface area (Å²) in [5, 5.41) is 10.0. The molecule has 0 bridgehead atoms. The van der Waals surface area contributed by atoms with Gasteiger partial charge in [-0.3, -0.25) is 4.79 Å². The summed E-state index contributed by atoms with van der Waals surface area (Å²) in [6.45, 7) is 1.45. The number of rotatable bonds is 6. The predicted molar refractivity (Wildman–Crippen MR) is 84.2 cm³/mol. The monoisotopic (exact) mass is 341 g/mol. The van der Waals surface area contributed by atoms with Gasteiger partial charge in [0.05, 0.1) is 6.26 Å². The minimum absolute atomic E-state index is 0.0984. The average Bonchev–Trinajstić information content (AvgIpc) is 3.30. The number of carbonyl (C=O) groups is 2. The molecule has 1 unspecified atom stereocenters. The highest BCUT2D eigenvalue weighted by Gasteiger charge is 2.26. The Kier molecular flexibility index (Phi) is 4.89. The Balaban J connectivity index is 1.73. The van der Waals surface area contributed by atoms with Crippen LogP contribution in [-0.2, 0) is 16.1 Å². The highest BCUT2D eigenvalue weighted by Crippen LogP contribution is 2.16. The van der Waals surface area contributed by atoms with Crippen molar-refractivity contribution in [3.63, 3.8) is 0 Å². The molecule has 0 fully saturated rings. The van der Waals surface area contributed by atoms with Gasteiger partial charge < -0.3 is 18.9 Å². The molecule has 0 radical (unpaired) electrons. The Hall–Kier alpha value is -3.42. The first kappa shape index (κ1) is 16.4. The average molecular weight is 341 g/mol.